The van der Waals surface area contributed by atoms with Crippen LogP contribution in [0.25, 0.3) is 11.4 Å². The summed E-state index contributed by atoms with van der Waals surface area (Å²) in [5.41, 5.74) is 1.44. The molecule has 3 aromatic rings. The molecule has 0 spiro atoms. The SMILES string of the molecule is Cc1ccc(-c2noc(C3CCCN3C(=O)Nc3ccc(C(F)(F)F)cc3)n2)cc1. The molecule has 1 unspecified atom stereocenters. The molecule has 156 valence electrons. The van der Waals surface area contributed by atoms with E-state index >= 15 is 0 Å². The quantitative estimate of drug-likeness (QED) is 0.618. The van der Waals surface area contributed by atoms with E-state index in [4.69, 9.17) is 4.52 Å². The van der Waals surface area contributed by atoms with Crippen molar-refractivity contribution >= 4 is 11.7 Å². The second-order valence-electron chi connectivity index (χ2n) is 7.18. The van der Waals surface area contributed by atoms with Gasteiger partial charge in [0.25, 0.3) is 0 Å². The van der Waals surface area contributed by atoms with Crippen LogP contribution < -0.4 is 5.32 Å². The van der Waals surface area contributed by atoms with Crippen LogP contribution in [0.15, 0.2) is 53.1 Å². The molecular weight excluding hydrogens is 397 g/mol. The monoisotopic (exact) mass is 416 g/mol. The number of hydrogen-bond donors (Lipinski definition) is 1. The van der Waals surface area contributed by atoms with Crippen LogP contribution in [0.3, 0.4) is 0 Å². The molecule has 1 saturated heterocycles. The standard InChI is InChI=1S/C21H19F3N4O2/c1-13-4-6-14(7-5-13)18-26-19(30-27-18)17-3-2-12-28(17)20(29)25-16-10-8-15(9-11-16)21(22,23)24/h4-11,17H,2-3,12H2,1H3,(H,25,29). The van der Waals surface area contributed by atoms with Crippen molar-refractivity contribution in [3.63, 3.8) is 0 Å². The summed E-state index contributed by atoms with van der Waals surface area (Å²) < 4.78 is 43.5. The van der Waals surface area contributed by atoms with E-state index < -0.39 is 17.8 Å². The van der Waals surface area contributed by atoms with Gasteiger partial charge in [-0.05, 0) is 44.0 Å². The van der Waals surface area contributed by atoms with Crippen LogP contribution in [0, 0.1) is 6.92 Å². The smallest absolute Gasteiger partial charge is 0.337 e. The molecule has 2 amide bonds. The van der Waals surface area contributed by atoms with E-state index in [0.717, 1.165) is 29.7 Å². The van der Waals surface area contributed by atoms with Crippen molar-refractivity contribution in [3.05, 3.63) is 65.5 Å². The number of hydrogen-bond acceptors (Lipinski definition) is 4. The van der Waals surface area contributed by atoms with Gasteiger partial charge in [0, 0.05) is 17.8 Å². The Labute approximate surface area is 170 Å². The van der Waals surface area contributed by atoms with E-state index in [1.807, 2.05) is 31.2 Å². The highest BCUT2D eigenvalue weighted by Crippen LogP contribution is 2.33. The van der Waals surface area contributed by atoms with E-state index in [9.17, 15) is 18.0 Å². The molecule has 1 aliphatic rings. The number of anilines is 1. The van der Waals surface area contributed by atoms with Gasteiger partial charge in [0.1, 0.15) is 6.04 Å². The van der Waals surface area contributed by atoms with Crippen molar-refractivity contribution in [1.82, 2.24) is 15.0 Å². The molecule has 0 bridgehead atoms. The van der Waals surface area contributed by atoms with Crippen LogP contribution in [0.4, 0.5) is 23.7 Å². The average molecular weight is 416 g/mol. The van der Waals surface area contributed by atoms with E-state index in [-0.39, 0.29) is 11.7 Å². The number of aromatic nitrogens is 2. The third-order valence-electron chi connectivity index (χ3n) is 5.01. The number of nitrogens with zero attached hydrogens (tertiary/aromatic N) is 3. The molecular formula is C21H19F3N4O2. The van der Waals surface area contributed by atoms with Crippen molar-refractivity contribution in [2.75, 3.05) is 11.9 Å². The minimum Gasteiger partial charge on any atom is -0.337 e. The first-order valence-corrected chi connectivity index (χ1v) is 9.47. The first kappa shape index (κ1) is 19.9. The molecule has 2 aromatic carbocycles. The highest BCUT2D eigenvalue weighted by Gasteiger charge is 2.34. The molecule has 4 rings (SSSR count). The lowest BCUT2D eigenvalue weighted by Crippen LogP contribution is -2.34. The van der Waals surface area contributed by atoms with Gasteiger partial charge in [0.15, 0.2) is 0 Å². The van der Waals surface area contributed by atoms with E-state index in [1.54, 1.807) is 4.90 Å². The second kappa shape index (κ2) is 7.81. The number of carbonyl (C=O) groups is 1. The number of benzene rings is 2. The fraction of sp³-hybridized carbons (Fsp3) is 0.286. The zero-order valence-corrected chi connectivity index (χ0v) is 16.1. The predicted molar refractivity (Wildman–Crippen MR) is 104 cm³/mol. The molecule has 0 saturated carbocycles. The number of rotatable bonds is 3. The topological polar surface area (TPSA) is 71.3 Å². The normalized spacial score (nSPS) is 16.7. The highest BCUT2D eigenvalue weighted by molar-refractivity contribution is 5.89. The molecule has 30 heavy (non-hydrogen) atoms. The molecule has 1 atom stereocenters. The van der Waals surface area contributed by atoms with Gasteiger partial charge < -0.3 is 14.7 Å². The Bertz CT molecular complexity index is 1030. The Hall–Kier alpha value is -3.36. The molecule has 6 nitrogen and oxygen atoms in total. The Morgan fingerprint density at radius 2 is 1.83 bits per heavy atom. The largest absolute Gasteiger partial charge is 0.416 e. The van der Waals surface area contributed by atoms with Gasteiger partial charge in [-0.25, -0.2) is 4.79 Å². The minimum absolute atomic E-state index is 0.282. The summed E-state index contributed by atoms with van der Waals surface area (Å²) >= 11 is 0. The minimum atomic E-state index is -4.42. The van der Waals surface area contributed by atoms with Crippen LogP contribution in [0.1, 0.15) is 35.9 Å². The van der Waals surface area contributed by atoms with Gasteiger partial charge in [-0.15, -0.1) is 0 Å². The number of nitrogens with one attached hydrogen (secondary N) is 1. The molecule has 1 N–H and O–H groups in total. The Kier molecular flexibility index (Phi) is 5.19. The van der Waals surface area contributed by atoms with Gasteiger partial charge in [-0.2, -0.15) is 18.2 Å². The van der Waals surface area contributed by atoms with Crippen molar-refractivity contribution in [3.8, 4) is 11.4 Å². The Morgan fingerprint density at radius 3 is 2.50 bits per heavy atom. The maximum Gasteiger partial charge on any atom is 0.416 e. The Morgan fingerprint density at radius 1 is 1.13 bits per heavy atom. The number of likely N-dealkylation sites (tertiary alicyclic amines) is 1. The number of amides is 2. The van der Waals surface area contributed by atoms with Crippen LogP contribution in [-0.2, 0) is 6.18 Å². The molecule has 1 fully saturated rings. The fourth-order valence-electron chi connectivity index (χ4n) is 3.39. The van der Waals surface area contributed by atoms with Crippen LogP contribution in [0.2, 0.25) is 0 Å². The maximum atomic E-state index is 12.7. The van der Waals surface area contributed by atoms with Gasteiger partial charge in [0.05, 0.1) is 5.56 Å². The lowest BCUT2D eigenvalue weighted by Gasteiger charge is -2.22. The summed E-state index contributed by atoms with van der Waals surface area (Å²) in [6.45, 7) is 2.47. The third-order valence-corrected chi connectivity index (χ3v) is 5.01. The zero-order chi connectivity index (χ0) is 21.3. The summed E-state index contributed by atoms with van der Waals surface area (Å²) in [6.07, 6.45) is -3.00. The van der Waals surface area contributed by atoms with E-state index in [0.29, 0.717) is 24.7 Å². The third kappa shape index (κ3) is 4.14. The van der Waals surface area contributed by atoms with E-state index in [1.165, 1.54) is 12.1 Å². The molecule has 1 aromatic heterocycles. The highest BCUT2D eigenvalue weighted by atomic mass is 19.4. The number of carbonyl (C=O) groups excluding carboxylic acids is 1. The molecule has 0 aliphatic carbocycles. The molecule has 9 heteroatoms. The maximum absolute atomic E-state index is 12.7. The summed E-state index contributed by atoms with van der Waals surface area (Å²) in [5.74, 6) is 0.783. The number of urea groups is 1. The lowest BCUT2D eigenvalue weighted by atomic mass is 10.1. The van der Waals surface area contributed by atoms with Crippen LogP contribution in [0.5, 0.6) is 0 Å². The summed E-state index contributed by atoms with van der Waals surface area (Å²) in [7, 11) is 0. The van der Waals surface area contributed by atoms with E-state index in [2.05, 4.69) is 15.5 Å². The fourth-order valence-corrected chi connectivity index (χ4v) is 3.39. The average Bonchev–Trinajstić information content (AvgIpc) is 3.38. The van der Waals surface area contributed by atoms with Crippen LogP contribution >= 0.6 is 0 Å². The summed E-state index contributed by atoms with van der Waals surface area (Å²) in [5, 5.41) is 6.66. The van der Waals surface area contributed by atoms with Crippen molar-refractivity contribution in [2.45, 2.75) is 32.0 Å². The zero-order valence-electron chi connectivity index (χ0n) is 16.1. The number of alkyl halides is 3. The van der Waals surface area contributed by atoms with Crippen LogP contribution in [-0.4, -0.2) is 27.6 Å². The molecule has 1 aliphatic heterocycles. The summed E-state index contributed by atoms with van der Waals surface area (Å²) in [6, 6.07) is 11.2. The number of halogens is 3. The Balaban J connectivity index is 1.47. The van der Waals surface area contributed by atoms with Gasteiger partial charge in [-0.1, -0.05) is 35.0 Å². The molecule has 2 heterocycles. The van der Waals surface area contributed by atoms with Crippen molar-refractivity contribution in [2.24, 2.45) is 0 Å². The molecule has 0 radical (unpaired) electrons. The lowest BCUT2D eigenvalue weighted by molar-refractivity contribution is -0.137. The first-order valence-electron chi connectivity index (χ1n) is 9.47. The first-order chi connectivity index (χ1) is 14.3. The second-order valence-corrected chi connectivity index (χ2v) is 7.18. The summed E-state index contributed by atoms with van der Waals surface area (Å²) in [4.78, 5) is 18.7. The van der Waals surface area contributed by atoms with Gasteiger partial charge >= 0.3 is 12.2 Å². The van der Waals surface area contributed by atoms with Gasteiger partial charge in [0.2, 0.25) is 11.7 Å². The van der Waals surface area contributed by atoms with Crippen molar-refractivity contribution in [1.29, 1.82) is 0 Å². The predicted octanol–water partition coefficient (Wildman–Crippen LogP) is 5.43. The van der Waals surface area contributed by atoms with Gasteiger partial charge in [-0.3, -0.25) is 0 Å². The van der Waals surface area contributed by atoms with Crippen molar-refractivity contribution < 1.29 is 22.5 Å². The number of aryl methyl sites for hydroxylation is 1.